The Balaban J connectivity index is 1.65. The average Bonchev–Trinajstić information content (AvgIpc) is 2.78. The van der Waals surface area contributed by atoms with Gasteiger partial charge in [-0.3, -0.25) is 14.6 Å². The number of carbonyl (C=O) groups is 1. The van der Waals surface area contributed by atoms with E-state index in [-0.39, 0.29) is 18.0 Å². The minimum Gasteiger partial charge on any atom is -0.324 e. The smallest absolute Gasteiger partial charge is 0.275 e. The maximum Gasteiger partial charge on any atom is 0.275 e. The Kier molecular flexibility index (Phi) is 5.90. The molecule has 0 aliphatic heterocycles. The van der Waals surface area contributed by atoms with Gasteiger partial charge in [0.1, 0.15) is 6.54 Å². The molecule has 0 atom stereocenters. The molecule has 0 unspecified atom stereocenters. The predicted octanol–water partition coefficient (Wildman–Crippen LogP) is 3.74. The first kappa shape index (κ1) is 19.8. The summed E-state index contributed by atoms with van der Waals surface area (Å²) in [5, 5.41) is 8.72. The van der Waals surface area contributed by atoms with Gasteiger partial charge in [0.15, 0.2) is 0 Å². The minimum atomic E-state index is -0.298. The Hall–Kier alpha value is -3.45. The molecule has 1 N–H and O–H groups in total. The third-order valence-electron chi connectivity index (χ3n) is 4.71. The van der Waals surface area contributed by atoms with E-state index in [1.54, 1.807) is 30.2 Å². The number of pyridine rings is 1. The number of aromatic nitrogens is 3. The van der Waals surface area contributed by atoms with E-state index in [4.69, 9.17) is 0 Å². The molecule has 2 aromatic heterocycles. The summed E-state index contributed by atoms with van der Waals surface area (Å²) in [6.45, 7) is -0.156. The largest absolute Gasteiger partial charge is 0.324 e. The maximum absolute atomic E-state index is 12.9. The highest BCUT2D eigenvalue weighted by atomic mass is 32.2. The van der Waals surface area contributed by atoms with E-state index >= 15 is 0 Å². The lowest BCUT2D eigenvalue weighted by Gasteiger charge is -2.12. The number of hydrogen-bond acceptors (Lipinski definition) is 5. The van der Waals surface area contributed by atoms with Gasteiger partial charge in [-0.1, -0.05) is 24.3 Å². The van der Waals surface area contributed by atoms with Crippen molar-refractivity contribution >= 4 is 34.1 Å². The number of fused-ring (bicyclic) bond motifs is 1. The maximum atomic E-state index is 12.9. The van der Waals surface area contributed by atoms with E-state index in [0.29, 0.717) is 17.5 Å². The van der Waals surface area contributed by atoms with Crippen molar-refractivity contribution in [2.45, 2.75) is 17.9 Å². The summed E-state index contributed by atoms with van der Waals surface area (Å²) in [6.07, 6.45) is 5.97. The first-order valence-electron chi connectivity index (χ1n) is 9.45. The molecule has 0 spiro atoms. The summed E-state index contributed by atoms with van der Waals surface area (Å²) in [4.78, 5) is 30.6. The van der Waals surface area contributed by atoms with Crippen LogP contribution in [0.3, 0.4) is 0 Å². The standard InChI is InChI=1S/C23H20N4O2S/c1-30-18-6-4-5-17(14-18)25-22(28)15-27-23(29)20-8-3-2-7-19(20)21(26-27)13-16-9-11-24-12-10-16/h2-12,14H,13,15H2,1H3,(H,25,28). The molecule has 0 aliphatic carbocycles. The zero-order valence-electron chi connectivity index (χ0n) is 16.4. The van der Waals surface area contributed by atoms with Crippen LogP contribution in [0, 0.1) is 0 Å². The van der Waals surface area contributed by atoms with Crippen molar-refractivity contribution in [2.75, 3.05) is 11.6 Å². The Morgan fingerprint density at radius 1 is 1.03 bits per heavy atom. The van der Waals surface area contributed by atoms with Crippen LogP contribution in [-0.4, -0.2) is 26.9 Å². The molecule has 0 saturated carbocycles. The number of nitrogens with zero attached hydrogens (tertiary/aromatic N) is 3. The second kappa shape index (κ2) is 8.92. The Morgan fingerprint density at radius 3 is 2.57 bits per heavy atom. The highest BCUT2D eigenvalue weighted by molar-refractivity contribution is 7.98. The summed E-state index contributed by atoms with van der Waals surface area (Å²) < 4.78 is 1.24. The molecular weight excluding hydrogens is 396 g/mol. The van der Waals surface area contributed by atoms with Gasteiger partial charge in [-0.05, 0) is 48.2 Å². The zero-order valence-corrected chi connectivity index (χ0v) is 17.2. The van der Waals surface area contributed by atoms with E-state index in [2.05, 4.69) is 15.4 Å². The lowest BCUT2D eigenvalue weighted by Crippen LogP contribution is -2.30. The lowest BCUT2D eigenvalue weighted by molar-refractivity contribution is -0.117. The SMILES string of the molecule is CSc1cccc(NC(=O)Cn2nc(Cc3ccncc3)c3ccccc3c2=O)c1. The van der Waals surface area contributed by atoms with Crippen LogP contribution in [0.2, 0.25) is 0 Å². The molecule has 0 fully saturated rings. The minimum absolute atomic E-state index is 0.156. The van der Waals surface area contributed by atoms with E-state index in [1.165, 1.54) is 4.68 Å². The Morgan fingerprint density at radius 2 is 1.80 bits per heavy atom. The molecule has 150 valence electrons. The number of amides is 1. The van der Waals surface area contributed by atoms with Crippen molar-refractivity contribution < 1.29 is 4.79 Å². The quantitative estimate of drug-likeness (QED) is 0.485. The van der Waals surface area contributed by atoms with E-state index in [9.17, 15) is 9.59 Å². The fourth-order valence-electron chi connectivity index (χ4n) is 3.27. The van der Waals surface area contributed by atoms with Crippen LogP contribution in [0.25, 0.3) is 10.8 Å². The molecule has 0 aliphatic rings. The van der Waals surface area contributed by atoms with Crippen molar-refractivity contribution in [3.05, 3.63) is 94.7 Å². The first-order chi connectivity index (χ1) is 14.6. The summed E-state index contributed by atoms with van der Waals surface area (Å²) >= 11 is 1.60. The van der Waals surface area contributed by atoms with Crippen LogP contribution in [0.5, 0.6) is 0 Å². The van der Waals surface area contributed by atoms with Gasteiger partial charge in [0.25, 0.3) is 5.56 Å². The molecular formula is C23H20N4O2S. The van der Waals surface area contributed by atoms with Crippen molar-refractivity contribution in [1.29, 1.82) is 0 Å². The second-order valence-corrected chi connectivity index (χ2v) is 7.65. The van der Waals surface area contributed by atoms with E-state index in [0.717, 1.165) is 21.5 Å². The summed E-state index contributed by atoms with van der Waals surface area (Å²) in [6, 6.07) is 18.8. The van der Waals surface area contributed by atoms with Gasteiger partial charge in [-0.2, -0.15) is 5.10 Å². The lowest BCUT2D eigenvalue weighted by atomic mass is 10.1. The van der Waals surface area contributed by atoms with Gasteiger partial charge in [-0.15, -0.1) is 11.8 Å². The van der Waals surface area contributed by atoms with Crippen LogP contribution in [0.4, 0.5) is 5.69 Å². The van der Waals surface area contributed by atoms with Gasteiger partial charge < -0.3 is 5.32 Å². The summed E-state index contributed by atoms with van der Waals surface area (Å²) in [7, 11) is 0. The predicted molar refractivity (Wildman–Crippen MR) is 120 cm³/mol. The van der Waals surface area contributed by atoms with Gasteiger partial charge in [-0.25, -0.2) is 4.68 Å². The first-order valence-corrected chi connectivity index (χ1v) is 10.7. The molecule has 2 heterocycles. The van der Waals surface area contributed by atoms with Crippen LogP contribution < -0.4 is 10.9 Å². The molecule has 7 heteroatoms. The van der Waals surface area contributed by atoms with Gasteiger partial charge in [0.2, 0.25) is 5.91 Å². The number of carbonyl (C=O) groups excluding carboxylic acids is 1. The van der Waals surface area contributed by atoms with Crippen molar-refractivity contribution in [3.8, 4) is 0 Å². The molecule has 0 saturated heterocycles. The Bertz CT molecular complexity index is 1260. The number of rotatable bonds is 6. The number of hydrogen-bond donors (Lipinski definition) is 1. The zero-order chi connectivity index (χ0) is 20.9. The highest BCUT2D eigenvalue weighted by Crippen LogP contribution is 2.19. The summed E-state index contributed by atoms with van der Waals surface area (Å²) in [5.74, 6) is -0.298. The normalized spacial score (nSPS) is 10.8. The molecule has 6 nitrogen and oxygen atoms in total. The number of thioether (sulfide) groups is 1. The molecule has 4 aromatic rings. The van der Waals surface area contributed by atoms with Crippen LogP contribution in [-0.2, 0) is 17.8 Å². The third-order valence-corrected chi connectivity index (χ3v) is 5.44. The average molecular weight is 417 g/mol. The highest BCUT2D eigenvalue weighted by Gasteiger charge is 2.13. The van der Waals surface area contributed by atoms with Crippen molar-refractivity contribution in [3.63, 3.8) is 0 Å². The van der Waals surface area contributed by atoms with E-state index < -0.39 is 0 Å². The molecule has 2 aromatic carbocycles. The van der Waals surface area contributed by atoms with Gasteiger partial charge in [0.05, 0.1) is 11.1 Å². The van der Waals surface area contributed by atoms with Crippen LogP contribution in [0.15, 0.2) is 82.7 Å². The Labute approximate surface area is 178 Å². The number of benzene rings is 2. The second-order valence-electron chi connectivity index (χ2n) is 6.77. The fraction of sp³-hybridized carbons (Fsp3) is 0.130. The van der Waals surface area contributed by atoms with Crippen LogP contribution >= 0.6 is 11.8 Å². The topological polar surface area (TPSA) is 76.9 Å². The third kappa shape index (κ3) is 4.41. The molecule has 30 heavy (non-hydrogen) atoms. The van der Waals surface area contributed by atoms with Gasteiger partial charge in [0, 0.05) is 34.8 Å². The fourth-order valence-corrected chi connectivity index (χ4v) is 3.73. The molecule has 0 bridgehead atoms. The summed E-state index contributed by atoms with van der Waals surface area (Å²) in [5.41, 5.74) is 2.19. The molecule has 4 rings (SSSR count). The van der Waals surface area contributed by atoms with E-state index in [1.807, 2.05) is 60.9 Å². The number of anilines is 1. The monoisotopic (exact) mass is 416 g/mol. The van der Waals surface area contributed by atoms with Crippen molar-refractivity contribution in [2.24, 2.45) is 0 Å². The molecule has 0 radical (unpaired) electrons. The number of nitrogens with one attached hydrogen (secondary N) is 1. The van der Waals surface area contributed by atoms with Gasteiger partial charge >= 0.3 is 0 Å². The van der Waals surface area contributed by atoms with Crippen molar-refractivity contribution in [1.82, 2.24) is 14.8 Å². The molecule has 1 amide bonds. The van der Waals surface area contributed by atoms with Crippen LogP contribution in [0.1, 0.15) is 11.3 Å².